The molecule has 0 bridgehead atoms. The van der Waals surface area contributed by atoms with Crippen LogP contribution in [-0.2, 0) is 6.42 Å². The summed E-state index contributed by atoms with van der Waals surface area (Å²) in [5, 5.41) is 3.41. The molecule has 1 unspecified atom stereocenters. The summed E-state index contributed by atoms with van der Waals surface area (Å²) in [7, 11) is 0. The number of nitrogens with zero attached hydrogens (tertiary/aromatic N) is 2. The van der Waals surface area contributed by atoms with Gasteiger partial charge in [-0.15, -0.1) is 0 Å². The van der Waals surface area contributed by atoms with Crippen molar-refractivity contribution in [1.82, 2.24) is 20.3 Å². The van der Waals surface area contributed by atoms with E-state index >= 15 is 0 Å². The van der Waals surface area contributed by atoms with Gasteiger partial charge in [-0.2, -0.15) is 0 Å². The minimum absolute atomic E-state index is 0.344. The zero-order valence-corrected chi connectivity index (χ0v) is 12.0. The number of halogens is 1. The van der Waals surface area contributed by atoms with Gasteiger partial charge in [0.15, 0.2) is 5.65 Å². The summed E-state index contributed by atoms with van der Waals surface area (Å²) in [5.41, 5.74) is 1.23. The van der Waals surface area contributed by atoms with Crippen molar-refractivity contribution in [1.29, 1.82) is 0 Å². The molecule has 1 aliphatic heterocycles. The average molecular weight is 292 g/mol. The molecular weight excluding hydrogens is 275 g/mol. The Morgan fingerprint density at radius 2 is 2.30 bits per heavy atom. The van der Waals surface area contributed by atoms with Gasteiger partial charge >= 0.3 is 0 Å². The molecule has 1 fully saturated rings. The SMILES string of the molecule is Fc1cnc2nc(CCC3CCCCC(=S)N3)[nH]c2c1. The fourth-order valence-electron chi connectivity index (χ4n) is 2.62. The molecule has 0 aromatic carbocycles. The summed E-state index contributed by atoms with van der Waals surface area (Å²) in [6.45, 7) is 0. The first-order chi connectivity index (χ1) is 9.70. The molecule has 4 nitrogen and oxygen atoms in total. The molecule has 3 heterocycles. The average Bonchev–Trinajstić information content (AvgIpc) is 2.70. The number of aryl methyl sites for hydroxylation is 1. The van der Waals surface area contributed by atoms with Crippen LogP contribution in [0.3, 0.4) is 0 Å². The topological polar surface area (TPSA) is 53.6 Å². The molecule has 6 heteroatoms. The maximum Gasteiger partial charge on any atom is 0.177 e. The van der Waals surface area contributed by atoms with E-state index in [2.05, 4.69) is 20.3 Å². The van der Waals surface area contributed by atoms with Gasteiger partial charge in [-0.05, 0) is 25.7 Å². The van der Waals surface area contributed by atoms with Gasteiger partial charge in [0.05, 0.1) is 16.7 Å². The molecule has 0 amide bonds. The number of aromatic nitrogens is 3. The van der Waals surface area contributed by atoms with Crippen molar-refractivity contribution < 1.29 is 4.39 Å². The number of hydrogen-bond acceptors (Lipinski definition) is 3. The molecule has 0 spiro atoms. The quantitative estimate of drug-likeness (QED) is 0.854. The summed E-state index contributed by atoms with van der Waals surface area (Å²) in [6, 6.07) is 1.85. The Balaban J connectivity index is 1.65. The second-order valence-corrected chi connectivity index (χ2v) is 5.75. The largest absolute Gasteiger partial charge is 0.377 e. The number of hydrogen-bond donors (Lipinski definition) is 2. The lowest BCUT2D eigenvalue weighted by Crippen LogP contribution is -2.32. The Labute approximate surface area is 122 Å². The number of imidazole rings is 1. The third-order valence-corrected chi connectivity index (χ3v) is 3.98. The smallest absolute Gasteiger partial charge is 0.177 e. The fourth-order valence-corrected chi connectivity index (χ4v) is 2.93. The number of fused-ring (bicyclic) bond motifs is 1. The van der Waals surface area contributed by atoms with Crippen LogP contribution in [0, 0.1) is 5.82 Å². The third-order valence-electron chi connectivity index (χ3n) is 3.65. The van der Waals surface area contributed by atoms with Crippen molar-refractivity contribution in [3.05, 3.63) is 23.9 Å². The molecule has 2 aromatic rings. The number of nitrogens with one attached hydrogen (secondary N) is 2. The lowest BCUT2D eigenvalue weighted by Gasteiger charge is -2.16. The van der Waals surface area contributed by atoms with Crippen molar-refractivity contribution in [3.63, 3.8) is 0 Å². The van der Waals surface area contributed by atoms with Gasteiger partial charge < -0.3 is 10.3 Å². The van der Waals surface area contributed by atoms with E-state index < -0.39 is 0 Å². The predicted molar refractivity (Wildman–Crippen MR) is 80.2 cm³/mol. The highest BCUT2D eigenvalue weighted by molar-refractivity contribution is 7.80. The molecule has 1 aliphatic rings. The van der Waals surface area contributed by atoms with Gasteiger partial charge in [-0.25, -0.2) is 14.4 Å². The Morgan fingerprint density at radius 1 is 1.40 bits per heavy atom. The van der Waals surface area contributed by atoms with Crippen LogP contribution in [0.5, 0.6) is 0 Å². The van der Waals surface area contributed by atoms with Crippen molar-refractivity contribution in [3.8, 4) is 0 Å². The van der Waals surface area contributed by atoms with E-state index in [-0.39, 0.29) is 5.82 Å². The van der Waals surface area contributed by atoms with E-state index in [1.54, 1.807) is 0 Å². The number of thiocarbonyl (C=S) groups is 1. The lowest BCUT2D eigenvalue weighted by atomic mass is 10.1. The summed E-state index contributed by atoms with van der Waals surface area (Å²) >= 11 is 5.28. The molecule has 0 aliphatic carbocycles. The Hall–Kier alpha value is -1.56. The number of aromatic amines is 1. The monoisotopic (exact) mass is 292 g/mol. The minimum atomic E-state index is -0.344. The van der Waals surface area contributed by atoms with Crippen molar-refractivity contribution >= 4 is 28.4 Å². The Morgan fingerprint density at radius 3 is 3.20 bits per heavy atom. The molecule has 3 rings (SSSR count). The van der Waals surface area contributed by atoms with Gasteiger partial charge in [0.25, 0.3) is 0 Å². The number of pyridine rings is 1. The van der Waals surface area contributed by atoms with E-state index in [0.717, 1.165) is 36.5 Å². The molecule has 2 aromatic heterocycles. The van der Waals surface area contributed by atoms with Crippen LogP contribution in [-0.4, -0.2) is 26.0 Å². The highest BCUT2D eigenvalue weighted by atomic mass is 32.1. The van der Waals surface area contributed by atoms with Gasteiger partial charge in [-0.3, -0.25) is 0 Å². The number of H-pyrrole nitrogens is 1. The second-order valence-electron chi connectivity index (χ2n) is 5.26. The summed E-state index contributed by atoms with van der Waals surface area (Å²) in [6.07, 6.45) is 7.52. The van der Waals surface area contributed by atoms with Gasteiger partial charge in [0.2, 0.25) is 0 Å². The first kappa shape index (κ1) is 13.4. The zero-order chi connectivity index (χ0) is 13.9. The van der Waals surface area contributed by atoms with Gasteiger partial charge in [-0.1, -0.05) is 18.6 Å². The highest BCUT2D eigenvalue weighted by Gasteiger charge is 2.15. The van der Waals surface area contributed by atoms with E-state index in [1.807, 2.05) is 0 Å². The van der Waals surface area contributed by atoms with E-state index in [9.17, 15) is 4.39 Å². The van der Waals surface area contributed by atoms with Gasteiger partial charge in [0, 0.05) is 18.5 Å². The first-order valence-corrected chi connectivity index (χ1v) is 7.41. The van der Waals surface area contributed by atoms with Crippen LogP contribution in [0.25, 0.3) is 11.2 Å². The maximum absolute atomic E-state index is 13.1. The number of rotatable bonds is 3. The summed E-state index contributed by atoms with van der Waals surface area (Å²) in [4.78, 5) is 12.5. The lowest BCUT2D eigenvalue weighted by molar-refractivity contribution is 0.513. The molecule has 1 atom stereocenters. The van der Waals surface area contributed by atoms with Crippen LogP contribution in [0.1, 0.15) is 37.9 Å². The predicted octanol–water partition coefficient (Wildman–Crippen LogP) is 2.89. The summed E-state index contributed by atoms with van der Waals surface area (Å²) in [5.74, 6) is 0.513. The molecule has 106 valence electrons. The van der Waals surface area contributed by atoms with Gasteiger partial charge in [0.1, 0.15) is 11.6 Å². The van der Waals surface area contributed by atoms with Crippen LogP contribution >= 0.6 is 12.2 Å². The van der Waals surface area contributed by atoms with Crippen LogP contribution < -0.4 is 5.32 Å². The molecule has 0 radical (unpaired) electrons. The fraction of sp³-hybridized carbons (Fsp3) is 0.500. The van der Waals surface area contributed by atoms with E-state index in [0.29, 0.717) is 17.2 Å². The van der Waals surface area contributed by atoms with Crippen molar-refractivity contribution in [2.75, 3.05) is 0 Å². The normalized spacial score (nSPS) is 19.9. The molecule has 1 saturated heterocycles. The molecule has 0 saturated carbocycles. The second kappa shape index (κ2) is 5.83. The van der Waals surface area contributed by atoms with Crippen molar-refractivity contribution in [2.45, 2.75) is 44.6 Å². The molecule has 20 heavy (non-hydrogen) atoms. The summed E-state index contributed by atoms with van der Waals surface area (Å²) < 4.78 is 13.1. The standard InChI is InChI=1S/C14H17FN4S/c15-9-7-11-14(16-8-9)19-12(18-11)6-5-10-3-1-2-4-13(20)17-10/h7-8,10H,1-6H2,(H,17,20)(H,16,18,19). The highest BCUT2D eigenvalue weighted by Crippen LogP contribution is 2.16. The Kier molecular flexibility index (Phi) is 3.91. The van der Waals surface area contributed by atoms with Crippen LogP contribution in [0.2, 0.25) is 0 Å². The van der Waals surface area contributed by atoms with Crippen LogP contribution in [0.4, 0.5) is 4.39 Å². The van der Waals surface area contributed by atoms with E-state index in [4.69, 9.17) is 12.2 Å². The van der Waals surface area contributed by atoms with E-state index in [1.165, 1.54) is 25.1 Å². The van der Waals surface area contributed by atoms with Crippen LogP contribution in [0.15, 0.2) is 12.3 Å². The zero-order valence-electron chi connectivity index (χ0n) is 11.2. The molecular formula is C14H17FN4S. The maximum atomic E-state index is 13.1. The molecule has 2 N–H and O–H groups in total. The first-order valence-electron chi connectivity index (χ1n) is 7.00. The third kappa shape index (κ3) is 3.12. The van der Waals surface area contributed by atoms with Crippen molar-refractivity contribution in [2.24, 2.45) is 0 Å². The minimum Gasteiger partial charge on any atom is -0.377 e. The Bertz CT molecular complexity index is 625.